The van der Waals surface area contributed by atoms with Crippen molar-refractivity contribution in [3.05, 3.63) is 18.7 Å². The van der Waals surface area contributed by atoms with E-state index < -0.39 is 0 Å². The van der Waals surface area contributed by atoms with Crippen molar-refractivity contribution in [1.29, 1.82) is 0 Å². The maximum Gasteiger partial charge on any atom is 0.348 e. The lowest BCUT2D eigenvalue weighted by molar-refractivity contribution is 0.0531. The lowest BCUT2D eigenvalue weighted by atomic mass is 10.3. The van der Waals surface area contributed by atoms with E-state index in [1.165, 1.54) is 11.3 Å². The van der Waals surface area contributed by atoms with Gasteiger partial charge < -0.3 is 4.74 Å². The van der Waals surface area contributed by atoms with Crippen molar-refractivity contribution in [3.63, 3.8) is 0 Å². The molecule has 0 unspecified atom stereocenters. The first-order valence-electron chi connectivity index (χ1n) is 3.69. The predicted molar refractivity (Wildman–Crippen MR) is 60.4 cm³/mol. The number of rotatable bonds is 2. The maximum absolute atomic E-state index is 11.4. The van der Waals surface area contributed by atoms with Gasteiger partial charge in [0.25, 0.3) is 0 Å². The quantitative estimate of drug-likeness (QED) is 0.773. The molecule has 0 aliphatic heterocycles. The minimum Gasteiger partial charge on any atom is -0.462 e. The van der Waals surface area contributed by atoms with Crippen LogP contribution in [0.4, 0.5) is 0 Å². The van der Waals surface area contributed by atoms with Crippen molar-refractivity contribution in [3.8, 4) is 0 Å². The van der Waals surface area contributed by atoms with Crippen molar-refractivity contribution in [2.45, 2.75) is 13.8 Å². The molecule has 0 atom stereocenters. The molecule has 0 saturated heterocycles. The highest BCUT2D eigenvalue weighted by Crippen LogP contribution is 2.37. The molecule has 0 saturated carbocycles. The summed E-state index contributed by atoms with van der Waals surface area (Å²) in [6, 6.07) is 0. The minimum atomic E-state index is -0.253. The van der Waals surface area contributed by atoms with Crippen LogP contribution in [0.5, 0.6) is 0 Å². The van der Waals surface area contributed by atoms with E-state index in [9.17, 15) is 4.79 Å². The third kappa shape index (κ3) is 2.33. The summed E-state index contributed by atoms with van der Waals surface area (Å²) in [5, 5.41) is 0. The van der Waals surface area contributed by atoms with Gasteiger partial charge in [0.2, 0.25) is 0 Å². The van der Waals surface area contributed by atoms with E-state index in [0.717, 1.165) is 13.8 Å². The summed E-state index contributed by atoms with van der Waals surface area (Å²) in [4.78, 5) is 12.0. The molecule has 0 aromatic carbocycles. The van der Waals surface area contributed by atoms with Gasteiger partial charge in [-0.1, -0.05) is 0 Å². The van der Waals surface area contributed by atoms with Crippen LogP contribution in [-0.4, -0.2) is 12.6 Å². The second kappa shape index (κ2) is 4.57. The van der Waals surface area contributed by atoms with Gasteiger partial charge in [-0.05, 0) is 51.3 Å². The zero-order valence-corrected chi connectivity index (χ0v) is 11.2. The van der Waals surface area contributed by atoms with Crippen molar-refractivity contribution in [1.82, 2.24) is 0 Å². The average Bonchev–Trinajstić information content (AvgIpc) is 2.33. The van der Waals surface area contributed by atoms with E-state index in [2.05, 4.69) is 31.9 Å². The zero-order chi connectivity index (χ0) is 10.0. The van der Waals surface area contributed by atoms with Crippen LogP contribution in [0.15, 0.2) is 8.26 Å². The van der Waals surface area contributed by atoms with Gasteiger partial charge in [0, 0.05) is 4.47 Å². The molecule has 1 heterocycles. The Morgan fingerprint density at radius 1 is 1.54 bits per heavy atom. The minimum absolute atomic E-state index is 0.253. The highest BCUT2D eigenvalue weighted by Gasteiger charge is 2.17. The second-order valence-corrected chi connectivity index (χ2v) is 5.50. The van der Waals surface area contributed by atoms with E-state index >= 15 is 0 Å². The van der Waals surface area contributed by atoms with Crippen LogP contribution >= 0.6 is 43.2 Å². The Bertz CT molecular complexity index is 333. The van der Waals surface area contributed by atoms with Crippen LogP contribution in [0, 0.1) is 6.92 Å². The van der Waals surface area contributed by atoms with Gasteiger partial charge in [-0.2, -0.15) is 0 Å². The van der Waals surface area contributed by atoms with E-state index in [-0.39, 0.29) is 5.97 Å². The van der Waals surface area contributed by atoms with E-state index in [0.29, 0.717) is 11.5 Å². The van der Waals surface area contributed by atoms with Crippen LogP contribution in [0.3, 0.4) is 0 Å². The number of carbonyl (C=O) groups excluding carboxylic acids is 1. The van der Waals surface area contributed by atoms with Crippen molar-refractivity contribution >= 4 is 49.2 Å². The molecular formula is C8H8Br2O2S. The number of esters is 1. The maximum atomic E-state index is 11.4. The lowest BCUT2D eigenvalue weighted by Crippen LogP contribution is -2.03. The Balaban J connectivity index is 3.01. The van der Waals surface area contributed by atoms with E-state index in [4.69, 9.17) is 4.74 Å². The Morgan fingerprint density at radius 3 is 2.54 bits per heavy atom. The number of halogens is 2. The smallest absolute Gasteiger partial charge is 0.348 e. The molecule has 0 radical (unpaired) electrons. The van der Waals surface area contributed by atoms with Crippen LogP contribution in [0.1, 0.15) is 22.2 Å². The summed E-state index contributed by atoms with van der Waals surface area (Å²) in [5.74, 6) is -0.253. The van der Waals surface area contributed by atoms with Crippen LogP contribution < -0.4 is 0 Å². The number of hydrogen-bond acceptors (Lipinski definition) is 3. The van der Waals surface area contributed by atoms with Crippen LogP contribution in [-0.2, 0) is 4.74 Å². The number of ether oxygens (including phenoxy) is 1. The molecule has 0 spiro atoms. The Labute approximate surface area is 97.5 Å². The molecular weight excluding hydrogens is 320 g/mol. The summed E-state index contributed by atoms with van der Waals surface area (Å²) in [7, 11) is 0. The Hall–Kier alpha value is 0.130. The number of carbonyl (C=O) groups is 1. The monoisotopic (exact) mass is 326 g/mol. The molecule has 0 bridgehead atoms. The molecule has 0 aliphatic carbocycles. The molecule has 1 aromatic rings. The van der Waals surface area contributed by atoms with Crippen molar-refractivity contribution < 1.29 is 9.53 Å². The highest BCUT2D eigenvalue weighted by molar-refractivity contribution is 9.13. The molecule has 0 N–H and O–H groups in total. The fourth-order valence-corrected chi connectivity index (χ4v) is 3.02. The number of hydrogen-bond donors (Lipinski definition) is 0. The molecule has 0 aliphatic rings. The topological polar surface area (TPSA) is 26.3 Å². The summed E-state index contributed by atoms with van der Waals surface area (Å²) >= 11 is 8.11. The molecule has 2 nitrogen and oxygen atoms in total. The molecule has 72 valence electrons. The Kier molecular flexibility index (Phi) is 3.94. The summed E-state index contributed by atoms with van der Waals surface area (Å²) in [5.41, 5.74) is 0.926. The molecule has 0 amide bonds. The predicted octanol–water partition coefficient (Wildman–Crippen LogP) is 3.76. The SMILES string of the molecule is CCOC(=O)c1sc(Br)c(Br)c1C. The van der Waals surface area contributed by atoms with Crippen molar-refractivity contribution in [2.75, 3.05) is 6.61 Å². The average molecular weight is 328 g/mol. The van der Waals surface area contributed by atoms with Gasteiger partial charge in [0.15, 0.2) is 0 Å². The number of thiophene rings is 1. The van der Waals surface area contributed by atoms with E-state index in [1.807, 2.05) is 6.92 Å². The fraction of sp³-hybridized carbons (Fsp3) is 0.375. The summed E-state index contributed by atoms with van der Waals surface area (Å²) < 4.78 is 6.76. The molecule has 0 fully saturated rings. The highest BCUT2D eigenvalue weighted by atomic mass is 79.9. The zero-order valence-electron chi connectivity index (χ0n) is 7.19. The van der Waals surface area contributed by atoms with Crippen molar-refractivity contribution in [2.24, 2.45) is 0 Å². The largest absolute Gasteiger partial charge is 0.462 e. The first kappa shape index (κ1) is 11.2. The van der Waals surface area contributed by atoms with Gasteiger partial charge in [0.1, 0.15) is 4.88 Å². The van der Waals surface area contributed by atoms with Gasteiger partial charge >= 0.3 is 5.97 Å². The van der Waals surface area contributed by atoms with Crippen LogP contribution in [0.25, 0.3) is 0 Å². The standard InChI is InChI=1S/C8H8Br2O2S/c1-3-12-8(11)6-4(2)5(9)7(10)13-6/h3H2,1-2H3. The molecule has 1 rings (SSSR count). The first-order valence-corrected chi connectivity index (χ1v) is 6.09. The van der Waals surface area contributed by atoms with Gasteiger partial charge in [-0.25, -0.2) is 4.79 Å². The van der Waals surface area contributed by atoms with Gasteiger partial charge in [-0.3, -0.25) is 0 Å². The molecule has 13 heavy (non-hydrogen) atoms. The van der Waals surface area contributed by atoms with Crippen LogP contribution in [0.2, 0.25) is 0 Å². The Morgan fingerprint density at radius 2 is 2.15 bits per heavy atom. The molecule has 5 heteroatoms. The molecule has 1 aromatic heterocycles. The first-order chi connectivity index (χ1) is 6.07. The van der Waals surface area contributed by atoms with E-state index in [1.54, 1.807) is 6.92 Å². The summed E-state index contributed by atoms with van der Waals surface area (Å²) in [6.45, 7) is 4.09. The fourth-order valence-electron chi connectivity index (χ4n) is 0.849. The third-order valence-electron chi connectivity index (χ3n) is 1.49. The van der Waals surface area contributed by atoms with Gasteiger partial charge in [0.05, 0.1) is 10.4 Å². The third-order valence-corrected chi connectivity index (χ3v) is 5.22. The lowest BCUT2D eigenvalue weighted by Gasteiger charge is -1.98. The normalized spacial score (nSPS) is 10.2. The summed E-state index contributed by atoms with van der Waals surface area (Å²) in [6.07, 6.45) is 0. The second-order valence-electron chi connectivity index (χ2n) is 2.36. The van der Waals surface area contributed by atoms with Gasteiger partial charge in [-0.15, -0.1) is 11.3 Å².